The summed E-state index contributed by atoms with van der Waals surface area (Å²) in [6, 6.07) is 0. The third kappa shape index (κ3) is 4.52. The van der Waals surface area contributed by atoms with Gasteiger partial charge in [-0.25, -0.2) is 0 Å². The Morgan fingerprint density at radius 1 is 1.14 bits per heavy atom. The lowest BCUT2D eigenvalue weighted by atomic mass is 10.1. The fourth-order valence-electron chi connectivity index (χ4n) is 2.12. The van der Waals surface area contributed by atoms with Crippen LogP contribution in [0.5, 0.6) is 0 Å². The third-order valence-corrected chi connectivity index (χ3v) is 9.01. The Kier molecular flexibility index (Phi) is 6.58. The number of rotatable bonds is 6. The molecule has 1 aliphatic heterocycles. The van der Waals surface area contributed by atoms with Crippen LogP contribution >= 0.6 is 0 Å². The average Bonchev–Trinajstić information content (AvgIpc) is 2.70. The molecule has 7 heteroatoms. The van der Waals surface area contributed by atoms with Gasteiger partial charge in [-0.3, -0.25) is 4.79 Å². The van der Waals surface area contributed by atoms with Crippen molar-refractivity contribution >= 4 is 14.3 Å². The highest BCUT2D eigenvalue weighted by Gasteiger charge is 2.48. The number of esters is 1. The maximum absolute atomic E-state index is 11.2. The summed E-state index contributed by atoms with van der Waals surface area (Å²) >= 11 is 0. The molecule has 6 nitrogen and oxygen atoms in total. The minimum absolute atomic E-state index is 0.115. The molecule has 0 bridgehead atoms. The Hall–Kier alpha value is -0.473. The second kappa shape index (κ2) is 7.40. The van der Waals surface area contributed by atoms with Gasteiger partial charge in [-0.1, -0.05) is 20.8 Å². The molecule has 0 aromatic heterocycles. The summed E-state index contributed by atoms with van der Waals surface area (Å²) in [6.07, 6.45) is -1.88. The summed E-state index contributed by atoms with van der Waals surface area (Å²) in [4.78, 5) is 11.2. The molecule has 0 radical (unpaired) electrons. The lowest BCUT2D eigenvalue weighted by molar-refractivity contribution is -0.189. The second-order valence-corrected chi connectivity index (χ2v) is 11.9. The Morgan fingerprint density at radius 3 is 2.09 bits per heavy atom. The largest absolute Gasteiger partial charge is 0.433 e. The summed E-state index contributed by atoms with van der Waals surface area (Å²) in [7, 11) is 1.26. The summed E-state index contributed by atoms with van der Waals surface area (Å²) in [5.41, 5.74) is 0. The maximum atomic E-state index is 11.2. The van der Waals surface area contributed by atoms with Crippen LogP contribution in [0.2, 0.25) is 18.1 Å². The first kappa shape index (κ1) is 19.6. The molecular formula is C15H30O6Si. The second-order valence-electron chi connectivity index (χ2n) is 7.12. The molecule has 0 saturated carbocycles. The van der Waals surface area contributed by atoms with Crippen molar-refractivity contribution in [2.75, 3.05) is 20.8 Å². The Balaban J connectivity index is 2.75. The molecule has 0 N–H and O–H groups in total. The van der Waals surface area contributed by atoms with Gasteiger partial charge in [0.25, 0.3) is 0 Å². The van der Waals surface area contributed by atoms with Crippen LogP contribution in [0.15, 0.2) is 0 Å². The van der Waals surface area contributed by atoms with Gasteiger partial charge in [0.15, 0.2) is 8.32 Å². The molecule has 0 aliphatic carbocycles. The SMILES string of the molecule is CO[C@H]1[C@@H](OC(C)=O)O[C@H](CO[Si](C)(C)C(C)(C)C)[C@H]1OC. The fourth-order valence-corrected chi connectivity index (χ4v) is 3.14. The van der Waals surface area contributed by atoms with Crippen molar-refractivity contribution in [2.45, 2.75) is 70.4 Å². The number of carbonyl (C=O) groups is 1. The van der Waals surface area contributed by atoms with E-state index >= 15 is 0 Å². The molecule has 130 valence electrons. The van der Waals surface area contributed by atoms with E-state index in [0.29, 0.717) is 6.61 Å². The molecule has 0 spiro atoms. The molecular weight excluding hydrogens is 304 g/mol. The molecule has 0 aromatic rings. The van der Waals surface area contributed by atoms with Gasteiger partial charge in [-0.05, 0) is 18.1 Å². The van der Waals surface area contributed by atoms with Gasteiger partial charge >= 0.3 is 5.97 Å². The van der Waals surface area contributed by atoms with Crippen molar-refractivity contribution in [3.05, 3.63) is 0 Å². The van der Waals surface area contributed by atoms with E-state index in [-0.39, 0.29) is 17.2 Å². The van der Waals surface area contributed by atoms with Crippen LogP contribution in [-0.2, 0) is 28.2 Å². The van der Waals surface area contributed by atoms with E-state index in [1.54, 1.807) is 14.2 Å². The van der Waals surface area contributed by atoms with Crippen molar-refractivity contribution in [3.63, 3.8) is 0 Å². The third-order valence-electron chi connectivity index (χ3n) is 4.51. The summed E-state index contributed by atoms with van der Waals surface area (Å²) in [6.45, 7) is 12.7. The Labute approximate surface area is 134 Å². The highest BCUT2D eigenvalue weighted by Crippen LogP contribution is 2.37. The van der Waals surface area contributed by atoms with Gasteiger partial charge in [0.2, 0.25) is 6.29 Å². The van der Waals surface area contributed by atoms with Crippen LogP contribution in [0, 0.1) is 0 Å². The molecule has 4 atom stereocenters. The van der Waals surface area contributed by atoms with Crippen LogP contribution in [0.25, 0.3) is 0 Å². The minimum Gasteiger partial charge on any atom is -0.433 e. The maximum Gasteiger partial charge on any atom is 0.305 e. The van der Waals surface area contributed by atoms with Crippen LogP contribution in [0.1, 0.15) is 27.7 Å². The standard InChI is InChI=1S/C15H30O6Si/c1-10(16)20-14-13(18-6)12(17-5)11(21-14)9-19-22(7,8)15(2,3)4/h11-14H,9H2,1-8H3/t11-,12-,13-,14+/m1/s1. The van der Waals surface area contributed by atoms with Crippen molar-refractivity contribution < 1.29 is 28.2 Å². The van der Waals surface area contributed by atoms with Crippen LogP contribution in [0.4, 0.5) is 0 Å². The van der Waals surface area contributed by atoms with Crippen LogP contribution in [-0.4, -0.2) is 59.7 Å². The number of hydrogen-bond acceptors (Lipinski definition) is 6. The quantitative estimate of drug-likeness (QED) is 0.549. The van der Waals surface area contributed by atoms with Crippen LogP contribution < -0.4 is 0 Å². The highest BCUT2D eigenvalue weighted by atomic mass is 28.4. The number of hydrogen-bond donors (Lipinski definition) is 0. The van der Waals surface area contributed by atoms with Crippen molar-refractivity contribution in [1.29, 1.82) is 0 Å². The molecule has 1 aliphatic rings. The summed E-state index contributed by atoms with van der Waals surface area (Å²) < 4.78 is 28.0. The minimum atomic E-state index is -1.89. The molecule has 1 rings (SSSR count). The molecule has 1 saturated heterocycles. The average molecular weight is 334 g/mol. The molecule has 1 heterocycles. The van der Waals surface area contributed by atoms with Crippen LogP contribution in [0.3, 0.4) is 0 Å². The number of ether oxygens (including phenoxy) is 4. The summed E-state index contributed by atoms with van der Waals surface area (Å²) in [5.74, 6) is -0.409. The van der Waals surface area contributed by atoms with Crippen molar-refractivity contribution in [2.24, 2.45) is 0 Å². The van der Waals surface area contributed by atoms with Crippen molar-refractivity contribution in [1.82, 2.24) is 0 Å². The van der Waals surface area contributed by atoms with E-state index < -0.39 is 26.7 Å². The molecule has 22 heavy (non-hydrogen) atoms. The number of carbonyl (C=O) groups excluding carboxylic acids is 1. The molecule has 0 unspecified atom stereocenters. The first-order valence-corrected chi connectivity index (χ1v) is 10.5. The zero-order valence-electron chi connectivity index (χ0n) is 15.0. The van der Waals surface area contributed by atoms with Gasteiger partial charge in [0.1, 0.15) is 18.3 Å². The topological polar surface area (TPSA) is 63.2 Å². The van der Waals surface area contributed by atoms with Gasteiger partial charge in [0.05, 0.1) is 6.61 Å². The monoisotopic (exact) mass is 334 g/mol. The lowest BCUT2D eigenvalue weighted by Gasteiger charge is -2.37. The first-order valence-electron chi connectivity index (χ1n) is 7.55. The lowest BCUT2D eigenvalue weighted by Crippen LogP contribution is -2.45. The predicted octanol–water partition coefficient (Wildman–Crippen LogP) is 2.33. The summed E-state index contributed by atoms with van der Waals surface area (Å²) in [5, 5.41) is 0.115. The zero-order valence-corrected chi connectivity index (χ0v) is 16.0. The van der Waals surface area contributed by atoms with Gasteiger partial charge < -0.3 is 23.4 Å². The van der Waals surface area contributed by atoms with E-state index in [4.69, 9.17) is 23.4 Å². The molecule has 0 aromatic carbocycles. The Bertz CT molecular complexity index is 379. The normalized spacial score (nSPS) is 29.6. The molecule has 0 amide bonds. The zero-order chi connectivity index (χ0) is 17.1. The van der Waals surface area contributed by atoms with Gasteiger partial charge in [-0.2, -0.15) is 0 Å². The fraction of sp³-hybridized carbons (Fsp3) is 0.933. The van der Waals surface area contributed by atoms with E-state index in [1.807, 2.05) is 0 Å². The first-order chi connectivity index (χ1) is 10.0. The van der Waals surface area contributed by atoms with E-state index in [9.17, 15) is 4.79 Å². The smallest absolute Gasteiger partial charge is 0.305 e. The number of methoxy groups -OCH3 is 2. The molecule has 1 fully saturated rings. The predicted molar refractivity (Wildman–Crippen MR) is 85.2 cm³/mol. The van der Waals surface area contributed by atoms with Gasteiger partial charge in [0, 0.05) is 21.1 Å². The van der Waals surface area contributed by atoms with Crippen molar-refractivity contribution in [3.8, 4) is 0 Å². The van der Waals surface area contributed by atoms with E-state index in [0.717, 1.165) is 0 Å². The van der Waals surface area contributed by atoms with E-state index in [2.05, 4.69) is 33.9 Å². The highest BCUT2D eigenvalue weighted by molar-refractivity contribution is 6.74. The Morgan fingerprint density at radius 2 is 1.68 bits per heavy atom. The van der Waals surface area contributed by atoms with Gasteiger partial charge in [-0.15, -0.1) is 0 Å². The van der Waals surface area contributed by atoms with E-state index in [1.165, 1.54) is 6.92 Å².